The molecule has 1 aromatic rings. The third-order valence-corrected chi connectivity index (χ3v) is 8.04. The second-order valence-corrected chi connectivity index (χ2v) is 11.1. The summed E-state index contributed by atoms with van der Waals surface area (Å²) in [6.45, 7) is 8.56. The van der Waals surface area contributed by atoms with Crippen LogP contribution in [0, 0.1) is 12.8 Å². The number of nitrogens with zero attached hydrogens (tertiary/aromatic N) is 3. The van der Waals surface area contributed by atoms with E-state index >= 15 is 0 Å². The second kappa shape index (κ2) is 8.37. The molecule has 0 bridgehead atoms. The standard InChI is InChI=1S/C16H30N4O4S2/c1-13(2)11-19-12-16(15(4)18-19)26(23,24)17-8-10-25(21,22)20-9-6-5-7-14(20)3/h12-14,17H,5-11H2,1-4H3/t14-/m0/s1. The average molecular weight is 407 g/mol. The van der Waals surface area contributed by atoms with E-state index in [-0.39, 0.29) is 23.2 Å². The first kappa shape index (κ1) is 21.3. The molecule has 0 amide bonds. The van der Waals surface area contributed by atoms with Crippen LogP contribution in [0.2, 0.25) is 0 Å². The zero-order chi connectivity index (χ0) is 19.5. The zero-order valence-corrected chi connectivity index (χ0v) is 17.6. The molecule has 1 aromatic heterocycles. The van der Waals surface area contributed by atoms with Crippen LogP contribution >= 0.6 is 0 Å². The van der Waals surface area contributed by atoms with Crippen molar-refractivity contribution < 1.29 is 16.8 Å². The third kappa shape index (κ3) is 5.28. The van der Waals surface area contributed by atoms with Gasteiger partial charge in [-0.15, -0.1) is 0 Å². The number of hydrogen-bond acceptors (Lipinski definition) is 5. The molecular formula is C16H30N4O4S2. The van der Waals surface area contributed by atoms with Crippen LogP contribution in [0.5, 0.6) is 0 Å². The molecule has 150 valence electrons. The van der Waals surface area contributed by atoms with Crippen LogP contribution in [0.25, 0.3) is 0 Å². The van der Waals surface area contributed by atoms with Gasteiger partial charge < -0.3 is 0 Å². The van der Waals surface area contributed by atoms with E-state index in [0.29, 0.717) is 24.7 Å². The minimum absolute atomic E-state index is 0.0260. The first-order valence-electron chi connectivity index (χ1n) is 9.06. The fourth-order valence-electron chi connectivity index (χ4n) is 3.22. The highest BCUT2D eigenvalue weighted by Gasteiger charge is 2.30. The first-order chi connectivity index (χ1) is 12.0. The lowest BCUT2D eigenvalue weighted by atomic mass is 10.1. The van der Waals surface area contributed by atoms with E-state index in [9.17, 15) is 16.8 Å². The Balaban J connectivity index is 2.01. The molecule has 1 aliphatic heterocycles. The highest BCUT2D eigenvalue weighted by molar-refractivity contribution is 7.90. The molecule has 0 saturated carbocycles. The number of sulfonamides is 2. The summed E-state index contributed by atoms with van der Waals surface area (Å²) in [5.41, 5.74) is 0.408. The molecule has 0 aromatic carbocycles. The fourth-order valence-corrected chi connectivity index (χ4v) is 6.22. The lowest BCUT2D eigenvalue weighted by Crippen LogP contribution is -2.45. The molecule has 10 heteroatoms. The minimum Gasteiger partial charge on any atom is -0.271 e. The predicted molar refractivity (Wildman–Crippen MR) is 101 cm³/mol. The maximum absolute atomic E-state index is 12.5. The van der Waals surface area contributed by atoms with Crippen molar-refractivity contribution in [1.29, 1.82) is 0 Å². The summed E-state index contributed by atoms with van der Waals surface area (Å²) in [5, 5.41) is 4.23. The van der Waals surface area contributed by atoms with Gasteiger partial charge in [0.2, 0.25) is 20.0 Å². The smallest absolute Gasteiger partial charge is 0.243 e. The topological polar surface area (TPSA) is 101 Å². The molecule has 2 heterocycles. The molecule has 8 nitrogen and oxygen atoms in total. The van der Waals surface area contributed by atoms with E-state index in [1.807, 2.05) is 20.8 Å². The molecule has 1 atom stereocenters. The van der Waals surface area contributed by atoms with Crippen LogP contribution in [0.3, 0.4) is 0 Å². The number of rotatable bonds is 8. The van der Waals surface area contributed by atoms with E-state index in [1.165, 1.54) is 10.5 Å². The molecule has 1 N–H and O–H groups in total. The molecular weight excluding hydrogens is 376 g/mol. The number of nitrogens with one attached hydrogen (secondary N) is 1. The molecule has 1 fully saturated rings. The fraction of sp³-hybridized carbons (Fsp3) is 0.812. The summed E-state index contributed by atoms with van der Waals surface area (Å²) in [4.78, 5) is 0.0990. The van der Waals surface area contributed by atoms with Gasteiger partial charge in [0.25, 0.3) is 0 Å². The van der Waals surface area contributed by atoms with Gasteiger partial charge in [-0.1, -0.05) is 20.3 Å². The summed E-state index contributed by atoms with van der Waals surface area (Å²) in [7, 11) is -7.26. The van der Waals surface area contributed by atoms with Crippen molar-refractivity contribution in [2.24, 2.45) is 5.92 Å². The SMILES string of the molecule is Cc1nn(CC(C)C)cc1S(=O)(=O)NCCS(=O)(=O)N1CCCC[C@@H]1C. The number of aryl methyl sites for hydroxylation is 1. The Hall–Kier alpha value is -0.970. The van der Waals surface area contributed by atoms with E-state index in [4.69, 9.17) is 0 Å². The molecule has 1 saturated heterocycles. The van der Waals surface area contributed by atoms with Crippen molar-refractivity contribution in [3.8, 4) is 0 Å². The third-order valence-electron chi connectivity index (χ3n) is 4.49. The molecule has 0 radical (unpaired) electrons. The van der Waals surface area contributed by atoms with Crippen molar-refractivity contribution in [2.75, 3.05) is 18.8 Å². The largest absolute Gasteiger partial charge is 0.271 e. The van der Waals surface area contributed by atoms with E-state index in [1.54, 1.807) is 11.6 Å². The van der Waals surface area contributed by atoms with Gasteiger partial charge in [0.05, 0.1) is 11.4 Å². The summed E-state index contributed by atoms with van der Waals surface area (Å²) in [6.07, 6.45) is 4.22. The lowest BCUT2D eigenvalue weighted by molar-refractivity contribution is 0.269. The first-order valence-corrected chi connectivity index (χ1v) is 12.2. The van der Waals surface area contributed by atoms with Crippen LogP contribution in [0.15, 0.2) is 11.1 Å². The maximum Gasteiger partial charge on any atom is 0.243 e. The summed E-state index contributed by atoms with van der Waals surface area (Å²) in [5.74, 6) is 0.102. The van der Waals surface area contributed by atoms with Gasteiger partial charge in [-0.25, -0.2) is 21.6 Å². The van der Waals surface area contributed by atoms with Gasteiger partial charge in [-0.3, -0.25) is 4.68 Å². The van der Waals surface area contributed by atoms with E-state index in [0.717, 1.165) is 19.3 Å². The van der Waals surface area contributed by atoms with Crippen LogP contribution in [0.4, 0.5) is 0 Å². The van der Waals surface area contributed by atoms with Crippen molar-refractivity contribution >= 4 is 20.0 Å². The Morgan fingerprint density at radius 2 is 1.96 bits per heavy atom. The average Bonchev–Trinajstić information content (AvgIpc) is 2.87. The lowest BCUT2D eigenvalue weighted by Gasteiger charge is -2.32. The Labute approximate surface area is 157 Å². The van der Waals surface area contributed by atoms with Gasteiger partial charge in [-0.05, 0) is 32.6 Å². The molecule has 1 aliphatic rings. The van der Waals surface area contributed by atoms with Crippen LogP contribution in [-0.4, -0.2) is 55.8 Å². The molecule has 0 spiro atoms. The predicted octanol–water partition coefficient (Wildman–Crippen LogP) is 1.33. The zero-order valence-electron chi connectivity index (χ0n) is 16.0. The highest BCUT2D eigenvalue weighted by Crippen LogP contribution is 2.20. The molecule has 0 aliphatic carbocycles. The van der Waals surface area contributed by atoms with E-state index < -0.39 is 20.0 Å². The number of piperidine rings is 1. The molecule has 2 rings (SSSR count). The van der Waals surface area contributed by atoms with Crippen molar-refractivity contribution in [3.63, 3.8) is 0 Å². The Kier molecular flexibility index (Phi) is 6.86. The van der Waals surface area contributed by atoms with Crippen LogP contribution in [-0.2, 0) is 26.6 Å². The van der Waals surface area contributed by atoms with Crippen LogP contribution < -0.4 is 4.72 Å². The maximum atomic E-state index is 12.5. The van der Waals surface area contributed by atoms with Gasteiger partial charge in [0.1, 0.15) is 4.90 Å². The Bertz CT molecular complexity index is 815. The minimum atomic E-state index is -3.79. The van der Waals surface area contributed by atoms with Crippen molar-refractivity contribution in [3.05, 3.63) is 11.9 Å². The van der Waals surface area contributed by atoms with Crippen molar-refractivity contribution in [1.82, 2.24) is 18.8 Å². The monoisotopic (exact) mass is 406 g/mol. The normalized spacial score (nSPS) is 20.0. The molecule has 26 heavy (non-hydrogen) atoms. The van der Waals surface area contributed by atoms with E-state index in [2.05, 4.69) is 9.82 Å². The number of aromatic nitrogens is 2. The summed E-state index contributed by atoms with van der Waals surface area (Å²) < 4.78 is 55.5. The summed E-state index contributed by atoms with van der Waals surface area (Å²) in [6, 6.07) is -0.0260. The Morgan fingerprint density at radius 3 is 2.58 bits per heavy atom. The van der Waals surface area contributed by atoms with Gasteiger partial charge in [0, 0.05) is 31.9 Å². The Morgan fingerprint density at radius 1 is 1.27 bits per heavy atom. The molecule has 0 unspecified atom stereocenters. The number of hydrogen-bond donors (Lipinski definition) is 1. The second-order valence-electron chi connectivity index (χ2n) is 7.36. The van der Waals surface area contributed by atoms with Gasteiger partial charge in [0.15, 0.2) is 0 Å². The van der Waals surface area contributed by atoms with Crippen molar-refractivity contribution in [2.45, 2.75) is 64.4 Å². The summed E-state index contributed by atoms with van der Waals surface area (Å²) >= 11 is 0. The van der Waals surface area contributed by atoms with Gasteiger partial charge in [-0.2, -0.15) is 9.40 Å². The quantitative estimate of drug-likeness (QED) is 0.702. The van der Waals surface area contributed by atoms with Gasteiger partial charge >= 0.3 is 0 Å². The highest BCUT2D eigenvalue weighted by atomic mass is 32.2. The van der Waals surface area contributed by atoms with Crippen LogP contribution in [0.1, 0.15) is 45.7 Å².